The molecule has 2 aromatic rings. The Labute approximate surface area is 140 Å². The molecular weight excluding hydrogens is 318 g/mol. The monoisotopic (exact) mass is 339 g/mol. The highest BCUT2D eigenvalue weighted by Crippen LogP contribution is 2.32. The lowest BCUT2D eigenvalue weighted by molar-refractivity contribution is -0.122. The summed E-state index contributed by atoms with van der Waals surface area (Å²) in [7, 11) is 1.65. The molecular formula is C16H22ClN3O3. The Balaban J connectivity index is 0.00000192. The van der Waals surface area contributed by atoms with E-state index in [4.69, 9.17) is 10.2 Å². The first kappa shape index (κ1) is 17.6. The van der Waals surface area contributed by atoms with Crippen LogP contribution in [0.2, 0.25) is 0 Å². The van der Waals surface area contributed by atoms with Gasteiger partial charge in [0.15, 0.2) is 5.58 Å². The van der Waals surface area contributed by atoms with Crippen molar-refractivity contribution in [1.82, 2.24) is 4.57 Å². The molecule has 1 aliphatic carbocycles. The number of nitrogens with zero attached hydrogens (tertiary/aromatic N) is 1. The Morgan fingerprint density at radius 3 is 2.87 bits per heavy atom. The van der Waals surface area contributed by atoms with Gasteiger partial charge >= 0.3 is 5.76 Å². The van der Waals surface area contributed by atoms with Crippen LogP contribution in [0.3, 0.4) is 0 Å². The minimum atomic E-state index is -0.467. The van der Waals surface area contributed by atoms with E-state index >= 15 is 0 Å². The van der Waals surface area contributed by atoms with Gasteiger partial charge in [0, 0.05) is 24.3 Å². The molecule has 3 N–H and O–H groups in total. The predicted molar refractivity (Wildman–Crippen MR) is 91.9 cm³/mol. The number of carbonyl (C=O) groups excluding carboxylic acids is 1. The number of hydrogen-bond donors (Lipinski definition) is 2. The van der Waals surface area contributed by atoms with Gasteiger partial charge in [-0.05, 0) is 31.9 Å². The fourth-order valence-electron chi connectivity index (χ4n) is 3.23. The first-order valence-electron chi connectivity index (χ1n) is 7.58. The molecule has 2 unspecified atom stereocenters. The highest BCUT2D eigenvalue weighted by atomic mass is 35.5. The molecule has 1 amide bonds. The Morgan fingerprint density at radius 2 is 2.17 bits per heavy atom. The first-order chi connectivity index (χ1) is 10.4. The van der Waals surface area contributed by atoms with Crippen molar-refractivity contribution in [2.45, 2.75) is 38.1 Å². The van der Waals surface area contributed by atoms with Gasteiger partial charge in [-0.2, -0.15) is 0 Å². The third-order valence-electron chi connectivity index (χ3n) is 4.63. The van der Waals surface area contributed by atoms with Gasteiger partial charge in [0.25, 0.3) is 0 Å². The standard InChI is InChI=1S/C16H21N3O3.ClH/c1-16(17)8-4-3-5-11(16)14(20)18-10-6-7-12-13(9-10)22-15(21)19(12)2;/h6-7,9,11H,3-5,8,17H2,1-2H3,(H,18,20);1H. The van der Waals surface area contributed by atoms with Gasteiger partial charge in [0.05, 0.1) is 11.4 Å². The average molecular weight is 340 g/mol. The van der Waals surface area contributed by atoms with Gasteiger partial charge in [-0.1, -0.05) is 12.8 Å². The van der Waals surface area contributed by atoms with E-state index in [1.54, 1.807) is 25.2 Å². The number of aromatic nitrogens is 1. The molecule has 1 fully saturated rings. The van der Waals surface area contributed by atoms with Gasteiger partial charge in [-0.3, -0.25) is 9.36 Å². The van der Waals surface area contributed by atoms with Crippen molar-refractivity contribution in [2.75, 3.05) is 5.32 Å². The number of carbonyl (C=O) groups is 1. The van der Waals surface area contributed by atoms with Crippen LogP contribution in [0.5, 0.6) is 0 Å². The Kier molecular flexibility index (Phi) is 4.87. The number of anilines is 1. The molecule has 3 rings (SSSR count). The van der Waals surface area contributed by atoms with E-state index in [1.807, 2.05) is 6.92 Å². The maximum Gasteiger partial charge on any atom is 0.419 e. The number of nitrogens with one attached hydrogen (secondary N) is 1. The second kappa shape index (κ2) is 6.37. The second-order valence-corrected chi connectivity index (χ2v) is 6.40. The minimum absolute atomic E-state index is 0. The van der Waals surface area contributed by atoms with Crippen LogP contribution in [0.1, 0.15) is 32.6 Å². The lowest BCUT2D eigenvalue weighted by atomic mass is 9.74. The molecule has 1 heterocycles. The quantitative estimate of drug-likeness (QED) is 0.879. The van der Waals surface area contributed by atoms with E-state index in [-0.39, 0.29) is 24.2 Å². The first-order valence-corrected chi connectivity index (χ1v) is 7.58. The predicted octanol–water partition coefficient (Wildman–Crippen LogP) is 2.40. The summed E-state index contributed by atoms with van der Waals surface area (Å²) in [4.78, 5) is 24.0. The zero-order valence-electron chi connectivity index (χ0n) is 13.3. The zero-order chi connectivity index (χ0) is 15.9. The molecule has 126 valence electrons. The Bertz CT molecular complexity index is 778. The number of nitrogens with two attached hydrogens (primary N) is 1. The molecule has 0 radical (unpaired) electrons. The van der Waals surface area contributed by atoms with Crippen LogP contribution in [0.15, 0.2) is 27.4 Å². The van der Waals surface area contributed by atoms with Crippen LogP contribution in [0, 0.1) is 5.92 Å². The Hall–Kier alpha value is -1.79. The lowest BCUT2D eigenvalue weighted by Crippen LogP contribution is -2.51. The van der Waals surface area contributed by atoms with E-state index in [1.165, 1.54) is 4.57 Å². The van der Waals surface area contributed by atoms with Gasteiger partial charge in [0.1, 0.15) is 0 Å². The lowest BCUT2D eigenvalue weighted by Gasteiger charge is -2.37. The van der Waals surface area contributed by atoms with E-state index < -0.39 is 11.3 Å². The number of fused-ring (bicyclic) bond motifs is 1. The van der Waals surface area contributed by atoms with Crippen LogP contribution >= 0.6 is 12.4 Å². The third-order valence-corrected chi connectivity index (χ3v) is 4.63. The van der Waals surface area contributed by atoms with Crippen molar-refractivity contribution < 1.29 is 9.21 Å². The summed E-state index contributed by atoms with van der Waals surface area (Å²) in [6.07, 6.45) is 3.76. The number of aryl methyl sites for hydroxylation is 1. The fraction of sp³-hybridized carbons (Fsp3) is 0.500. The van der Waals surface area contributed by atoms with Crippen molar-refractivity contribution in [3.63, 3.8) is 0 Å². The molecule has 0 bridgehead atoms. The van der Waals surface area contributed by atoms with Crippen molar-refractivity contribution in [1.29, 1.82) is 0 Å². The fourth-order valence-corrected chi connectivity index (χ4v) is 3.23. The highest BCUT2D eigenvalue weighted by molar-refractivity contribution is 5.95. The average Bonchev–Trinajstić information content (AvgIpc) is 2.73. The van der Waals surface area contributed by atoms with Crippen LogP contribution in [0.25, 0.3) is 11.1 Å². The molecule has 1 aromatic heterocycles. The number of benzene rings is 1. The molecule has 0 spiro atoms. The van der Waals surface area contributed by atoms with Gasteiger partial charge in [-0.15, -0.1) is 12.4 Å². The summed E-state index contributed by atoms with van der Waals surface area (Å²) in [6.45, 7) is 1.94. The van der Waals surface area contributed by atoms with Crippen LogP contribution < -0.4 is 16.8 Å². The summed E-state index contributed by atoms with van der Waals surface area (Å²) in [6, 6.07) is 5.20. The summed E-state index contributed by atoms with van der Waals surface area (Å²) >= 11 is 0. The maximum atomic E-state index is 12.5. The number of oxazole rings is 1. The van der Waals surface area contributed by atoms with E-state index in [2.05, 4.69) is 5.32 Å². The summed E-state index contributed by atoms with van der Waals surface area (Å²) in [5.41, 5.74) is 7.58. The molecule has 1 saturated carbocycles. The Morgan fingerprint density at radius 1 is 1.43 bits per heavy atom. The highest BCUT2D eigenvalue weighted by Gasteiger charge is 2.37. The van der Waals surface area contributed by atoms with Crippen LogP contribution in [-0.4, -0.2) is 16.0 Å². The van der Waals surface area contributed by atoms with Crippen LogP contribution in [-0.2, 0) is 11.8 Å². The minimum Gasteiger partial charge on any atom is -0.408 e. The van der Waals surface area contributed by atoms with Crippen molar-refractivity contribution >= 4 is 35.1 Å². The molecule has 7 heteroatoms. The van der Waals surface area contributed by atoms with Crippen molar-refractivity contribution in [3.8, 4) is 0 Å². The maximum absolute atomic E-state index is 12.5. The SMILES string of the molecule is Cl.Cn1c(=O)oc2cc(NC(=O)C3CCCCC3(C)N)ccc21. The van der Waals surface area contributed by atoms with E-state index in [0.717, 1.165) is 25.7 Å². The normalized spacial score (nSPS) is 24.2. The summed E-state index contributed by atoms with van der Waals surface area (Å²) in [5, 5.41) is 2.90. The summed E-state index contributed by atoms with van der Waals surface area (Å²) < 4.78 is 6.57. The van der Waals surface area contributed by atoms with Crippen LogP contribution in [0.4, 0.5) is 5.69 Å². The van der Waals surface area contributed by atoms with Gasteiger partial charge in [-0.25, -0.2) is 4.79 Å². The van der Waals surface area contributed by atoms with Gasteiger partial charge < -0.3 is 15.5 Å². The number of amides is 1. The molecule has 6 nitrogen and oxygen atoms in total. The van der Waals surface area contributed by atoms with E-state index in [9.17, 15) is 9.59 Å². The third kappa shape index (κ3) is 3.28. The molecule has 23 heavy (non-hydrogen) atoms. The molecule has 0 aliphatic heterocycles. The number of halogens is 1. The summed E-state index contributed by atoms with van der Waals surface area (Å²) in [5.74, 6) is -0.678. The molecule has 1 aliphatic rings. The molecule has 1 aromatic carbocycles. The topological polar surface area (TPSA) is 90.3 Å². The van der Waals surface area contributed by atoms with Gasteiger partial charge in [0.2, 0.25) is 5.91 Å². The number of rotatable bonds is 2. The zero-order valence-corrected chi connectivity index (χ0v) is 14.1. The van der Waals surface area contributed by atoms with E-state index in [0.29, 0.717) is 16.8 Å². The number of hydrogen-bond acceptors (Lipinski definition) is 4. The second-order valence-electron chi connectivity index (χ2n) is 6.40. The largest absolute Gasteiger partial charge is 0.419 e. The molecule has 0 saturated heterocycles. The van der Waals surface area contributed by atoms with Crippen molar-refractivity contribution in [2.24, 2.45) is 18.7 Å². The smallest absolute Gasteiger partial charge is 0.408 e. The van der Waals surface area contributed by atoms with Crippen molar-refractivity contribution in [3.05, 3.63) is 28.7 Å². The molecule has 2 atom stereocenters.